The van der Waals surface area contributed by atoms with Crippen LogP contribution in [0.3, 0.4) is 0 Å². The zero-order chi connectivity index (χ0) is 17.6. The summed E-state index contributed by atoms with van der Waals surface area (Å²) >= 11 is 6.12. The first-order valence-electron chi connectivity index (χ1n) is 7.90. The van der Waals surface area contributed by atoms with E-state index in [0.717, 1.165) is 5.56 Å². The SMILES string of the molecule is O=C(Cc1ccccc1)N(Cc1ccco1)Cc1c(F)cccc1Cl. The highest BCUT2D eigenvalue weighted by molar-refractivity contribution is 6.31. The summed E-state index contributed by atoms with van der Waals surface area (Å²) in [6.07, 6.45) is 1.78. The average molecular weight is 358 g/mol. The van der Waals surface area contributed by atoms with Crippen LogP contribution in [0.25, 0.3) is 0 Å². The van der Waals surface area contributed by atoms with Crippen LogP contribution in [0.2, 0.25) is 5.02 Å². The summed E-state index contributed by atoms with van der Waals surface area (Å²) in [6.45, 7) is 0.335. The number of hydrogen-bond donors (Lipinski definition) is 0. The van der Waals surface area contributed by atoms with Gasteiger partial charge in [0.15, 0.2) is 0 Å². The summed E-state index contributed by atoms with van der Waals surface area (Å²) in [6, 6.07) is 17.5. The van der Waals surface area contributed by atoms with Crippen molar-refractivity contribution < 1.29 is 13.6 Å². The van der Waals surface area contributed by atoms with Gasteiger partial charge in [0.05, 0.1) is 25.8 Å². The molecule has 1 heterocycles. The van der Waals surface area contributed by atoms with E-state index in [1.807, 2.05) is 30.3 Å². The number of carbonyl (C=O) groups excluding carboxylic acids is 1. The molecular formula is C20H17ClFNO2. The van der Waals surface area contributed by atoms with Gasteiger partial charge in [-0.05, 0) is 29.8 Å². The van der Waals surface area contributed by atoms with Crippen molar-refractivity contribution in [1.82, 2.24) is 4.90 Å². The normalized spacial score (nSPS) is 10.6. The Labute approximate surface area is 150 Å². The lowest BCUT2D eigenvalue weighted by molar-refractivity contribution is -0.132. The van der Waals surface area contributed by atoms with E-state index in [0.29, 0.717) is 16.3 Å². The maximum absolute atomic E-state index is 14.1. The van der Waals surface area contributed by atoms with Gasteiger partial charge in [-0.1, -0.05) is 48.0 Å². The van der Waals surface area contributed by atoms with Crippen LogP contribution >= 0.6 is 11.6 Å². The van der Waals surface area contributed by atoms with Crippen LogP contribution in [0.4, 0.5) is 4.39 Å². The molecule has 1 aromatic heterocycles. The average Bonchev–Trinajstić information content (AvgIpc) is 3.11. The summed E-state index contributed by atoms with van der Waals surface area (Å²) in [5.41, 5.74) is 1.20. The molecule has 2 aromatic carbocycles. The first-order chi connectivity index (χ1) is 12.1. The van der Waals surface area contributed by atoms with E-state index in [1.165, 1.54) is 6.07 Å². The van der Waals surface area contributed by atoms with Crippen molar-refractivity contribution in [2.24, 2.45) is 0 Å². The maximum atomic E-state index is 14.1. The van der Waals surface area contributed by atoms with Crippen LogP contribution in [0.5, 0.6) is 0 Å². The van der Waals surface area contributed by atoms with E-state index in [1.54, 1.807) is 35.4 Å². The maximum Gasteiger partial charge on any atom is 0.227 e. The fourth-order valence-corrected chi connectivity index (χ4v) is 2.80. The van der Waals surface area contributed by atoms with Gasteiger partial charge in [-0.3, -0.25) is 4.79 Å². The molecule has 0 unspecified atom stereocenters. The molecule has 0 bridgehead atoms. The first kappa shape index (κ1) is 17.2. The zero-order valence-electron chi connectivity index (χ0n) is 13.5. The van der Waals surface area contributed by atoms with Crippen molar-refractivity contribution >= 4 is 17.5 Å². The third-order valence-electron chi connectivity index (χ3n) is 3.89. The molecule has 0 saturated heterocycles. The number of nitrogens with zero attached hydrogens (tertiary/aromatic N) is 1. The number of benzene rings is 2. The molecule has 0 N–H and O–H groups in total. The standard InChI is InChI=1S/C20H17ClFNO2/c21-18-9-4-10-19(22)17(18)14-23(13-16-8-5-11-25-16)20(24)12-15-6-2-1-3-7-15/h1-11H,12-14H2. The predicted molar refractivity (Wildman–Crippen MR) is 94.5 cm³/mol. The zero-order valence-corrected chi connectivity index (χ0v) is 14.2. The van der Waals surface area contributed by atoms with Gasteiger partial charge in [0.2, 0.25) is 5.91 Å². The topological polar surface area (TPSA) is 33.5 Å². The summed E-state index contributed by atoms with van der Waals surface area (Å²) in [5, 5.41) is 0.303. The Balaban J connectivity index is 1.83. The number of amides is 1. The summed E-state index contributed by atoms with van der Waals surface area (Å²) in [7, 11) is 0. The molecular weight excluding hydrogens is 341 g/mol. The van der Waals surface area contributed by atoms with Crippen molar-refractivity contribution in [3.05, 3.63) is 94.7 Å². The van der Waals surface area contributed by atoms with Gasteiger partial charge in [-0.2, -0.15) is 0 Å². The van der Waals surface area contributed by atoms with Crippen molar-refractivity contribution in [2.75, 3.05) is 0 Å². The molecule has 0 saturated carbocycles. The van der Waals surface area contributed by atoms with Crippen LogP contribution in [0, 0.1) is 5.82 Å². The molecule has 3 rings (SSSR count). The monoisotopic (exact) mass is 357 g/mol. The van der Waals surface area contributed by atoms with Crippen LogP contribution in [-0.4, -0.2) is 10.8 Å². The van der Waals surface area contributed by atoms with E-state index >= 15 is 0 Å². The Kier molecular flexibility index (Phi) is 5.51. The van der Waals surface area contributed by atoms with Crippen LogP contribution < -0.4 is 0 Å². The van der Waals surface area contributed by atoms with Crippen molar-refractivity contribution in [3.63, 3.8) is 0 Å². The highest BCUT2D eigenvalue weighted by atomic mass is 35.5. The Morgan fingerprint density at radius 3 is 2.48 bits per heavy atom. The quantitative estimate of drug-likeness (QED) is 0.632. The molecule has 1 amide bonds. The van der Waals surface area contributed by atoms with Crippen molar-refractivity contribution in [1.29, 1.82) is 0 Å². The second-order valence-electron chi connectivity index (χ2n) is 5.69. The fraction of sp³-hybridized carbons (Fsp3) is 0.150. The highest BCUT2D eigenvalue weighted by Gasteiger charge is 2.19. The molecule has 128 valence electrons. The van der Waals surface area contributed by atoms with E-state index in [2.05, 4.69) is 0 Å². The van der Waals surface area contributed by atoms with Crippen LogP contribution in [0.1, 0.15) is 16.9 Å². The highest BCUT2D eigenvalue weighted by Crippen LogP contribution is 2.22. The predicted octanol–water partition coefficient (Wildman–Crippen LogP) is 4.84. The molecule has 0 atom stereocenters. The van der Waals surface area contributed by atoms with Gasteiger partial charge in [-0.25, -0.2) is 4.39 Å². The van der Waals surface area contributed by atoms with Crippen molar-refractivity contribution in [3.8, 4) is 0 Å². The molecule has 5 heteroatoms. The van der Waals surface area contributed by atoms with Gasteiger partial charge in [0.25, 0.3) is 0 Å². The lowest BCUT2D eigenvalue weighted by Crippen LogP contribution is -2.31. The molecule has 3 aromatic rings. The largest absolute Gasteiger partial charge is 0.467 e. The summed E-state index contributed by atoms with van der Waals surface area (Å²) in [5.74, 6) is 0.0836. The minimum atomic E-state index is -0.426. The molecule has 0 spiro atoms. The minimum absolute atomic E-state index is 0.0812. The Morgan fingerprint density at radius 2 is 1.80 bits per heavy atom. The Hall–Kier alpha value is -2.59. The number of rotatable bonds is 6. The number of halogens is 2. The van der Waals surface area contributed by atoms with Crippen LogP contribution in [0.15, 0.2) is 71.3 Å². The molecule has 0 aliphatic rings. The van der Waals surface area contributed by atoms with E-state index in [-0.39, 0.29) is 25.4 Å². The number of hydrogen-bond acceptors (Lipinski definition) is 2. The third kappa shape index (κ3) is 4.48. The molecule has 0 fully saturated rings. The molecule has 0 aliphatic heterocycles. The van der Waals surface area contributed by atoms with Gasteiger partial charge in [0, 0.05) is 10.6 Å². The lowest BCUT2D eigenvalue weighted by Gasteiger charge is -2.23. The van der Waals surface area contributed by atoms with Gasteiger partial charge >= 0.3 is 0 Å². The lowest BCUT2D eigenvalue weighted by atomic mass is 10.1. The van der Waals surface area contributed by atoms with E-state index in [4.69, 9.17) is 16.0 Å². The third-order valence-corrected chi connectivity index (χ3v) is 4.24. The minimum Gasteiger partial charge on any atom is -0.467 e. The molecule has 0 aliphatic carbocycles. The van der Waals surface area contributed by atoms with E-state index in [9.17, 15) is 9.18 Å². The fourth-order valence-electron chi connectivity index (χ4n) is 2.58. The second kappa shape index (κ2) is 7.99. The van der Waals surface area contributed by atoms with Gasteiger partial charge < -0.3 is 9.32 Å². The molecule has 25 heavy (non-hydrogen) atoms. The first-order valence-corrected chi connectivity index (χ1v) is 8.28. The Morgan fingerprint density at radius 1 is 1.00 bits per heavy atom. The number of furan rings is 1. The number of carbonyl (C=O) groups is 1. The second-order valence-corrected chi connectivity index (χ2v) is 6.10. The summed E-state index contributed by atoms with van der Waals surface area (Å²) < 4.78 is 19.5. The summed E-state index contributed by atoms with van der Waals surface area (Å²) in [4.78, 5) is 14.3. The van der Waals surface area contributed by atoms with Gasteiger partial charge in [-0.15, -0.1) is 0 Å². The van der Waals surface area contributed by atoms with Gasteiger partial charge in [0.1, 0.15) is 11.6 Å². The Bertz CT molecular complexity index is 814. The van der Waals surface area contributed by atoms with Crippen molar-refractivity contribution in [2.45, 2.75) is 19.5 Å². The molecule has 0 radical (unpaired) electrons. The van der Waals surface area contributed by atoms with E-state index < -0.39 is 5.82 Å². The van der Waals surface area contributed by atoms with Crippen LogP contribution in [-0.2, 0) is 24.3 Å². The smallest absolute Gasteiger partial charge is 0.227 e. The molecule has 3 nitrogen and oxygen atoms in total.